The minimum Gasteiger partial charge on any atom is -0.481 e. The fraction of sp³-hybridized carbons (Fsp3) is 0.257. The van der Waals surface area contributed by atoms with Crippen LogP contribution in [0.4, 0.5) is 57.1 Å². The van der Waals surface area contributed by atoms with Gasteiger partial charge in [0.15, 0.2) is 0 Å². The highest BCUT2D eigenvalue weighted by Crippen LogP contribution is 2.41. The Bertz CT molecular complexity index is 1960. The molecule has 0 saturated carbocycles. The zero-order valence-corrected chi connectivity index (χ0v) is 26.5. The normalized spacial score (nSPS) is 13.5. The Hall–Kier alpha value is -5.29. The number of carboxylic acids is 1. The summed E-state index contributed by atoms with van der Waals surface area (Å²) < 4.78 is 185. The molecule has 2 N–H and O–H groups in total. The second-order valence-corrected chi connectivity index (χ2v) is 11.6. The van der Waals surface area contributed by atoms with E-state index >= 15 is 4.39 Å². The van der Waals surface area contributed by atoms with Gasteiger partial charge in [-0.3, -0.25) is 9.59 Å². The smallest absolute Gasteiger partial charge is 0.461 e. The molecule has 4 rings (SSSR count). The summed E-state index contributed by atoms with van der Waals surface area (Å²) in [6.45, 7) is 0. The first-order chi connectivity index (χ1) is 24.5. The maximum absolute atomic E-state index is 15.2. The summed E-state index contributed by atoms with van der Waals surface area (Å²) in [7, 11) is 0. The van der Waals surface area contributed by atoms with Gasteiger partial charge in [-0.25, -0.2) is 13.2 Å². The van der Waals surface area contributed by atoms with Crippen molar-refractivity contribution < 1.29 is 76.5 Å². The summed E-state index contributed by atoms with van der Waals surface area (Å²) in [4.78, 5) is 24.7. The molecular weight excluding hydrogens is 745 g/mol. The van der Waals surface area contributed by atoms with Crippen molar-refractivity contribution in [1.29, 1.82) is 0 Å². The van der Waals surface area contributed by atoms with E-state index in [-0.39, 0.29) is 55.2 Å². The number of ether oxygens (including phenoxy) is 1. The number of aliphatic carboxylic acids is 1. The van der Waals surface area contributed by atoms with E-state index in [0.29, 0.717) is 29.8 Å². The minimum absolute atomic E-state index is 0.0462. The highest BCUT2D eigenvalue weighted by atomic mass is 19.4. The van der Waals surface area contributed by atoms with Crippen LogP contribution in [0.5, 0.6) is 5.75 Å². The number of rotatable bonds is 13. The quantitative estimate of drug-likeness (QED) is 0.133. The van der Waals surface area contributed by atoms with Crippen LogP contribution < -0.4 is 10.1 Å². The van der Waals surface area contributed by atoms with Gasteiger partial charge < -0.3 is 15.2 Å². The molecule has 0 fully saturated rings. The standard InChI is InChI=1S/C35H24F13NO4/c36-23-13-22(14-24(16-23)53-35(47,48)31(39)40)32(21-9-11-28(38)26(15-21)34(44,45)46,17-19-6-4-18(5-7-19)2-1-3-29(50)51)49-30(52)20-8-10-27(37)25(12-20)33(41,42)43/h4-16,31H,1-3,17H2,(H,49,52)(H,50,51). The largest absolute Gasteiger partial charge is 0.481 e. The van der Waals surface area contributed by atoms with E-state index in [1.54, 1.807) is 0 Å². The van der Waals surface area contributed by atoms with Gasteiger partial charge in [0.2, 0.25) is 0 Å². The van der Waals surface area contributed by atoms with Crippen molar-refractivity contribution in [2.24, 2.45) is 0 Å². The van der Waals surface area contributed by atoms with Crippen LogP contribution in [0.3, 0.4) is 0 Å². The van der Waals surface area contributed by atoms with Gasteiger partial charge in [0.25, 0.3) is 5.91 Å². The Kier molecular flexibility index (Phi) is 11.7. The van der Waals surface area contributed by atoms with Crippen LogP contribution in [0.2, 0.25) is 0 Å². The number of hydrogen-bond acceptors (Lipinski definition) is 3. The van der Waals surface area contributed by atoms with Crippen molar-refractivity contribution in [3.63, 3.8) is 0 Å². The lowest BCUT2D eigenvalue weighted by Gasteiger charge is -2.37. The summed E-state index contributed by atoms with van der Waals surface area (Å²) in [5, 5.41) is 11.1. The Morgan fingerprint density at radius 1 is 0.698 bits per heavy atom. The van der Waals surface area contributed by atoms with Crippen LogP contribution in [-0.2, 0) is 35.5 Å². The van der Waals surface area contributed by atoms with Crippen molar-refractivity contribution in [3.8, 4) is 5.75 Å². The number of benzene rings is 4. The summed E-state index contributed by atoms with van der Waals surface area (Å²) >= 11 is 0. The molecule has 1 unspecified atom stereocenters. The van der Waals surface area contributed by atoms with Gasteiger partial charge in [-0.2, -0.15) is 43.9 Å². The molecule has 4 aromatic carbocycles. The number of halogens is 13. The first kappa shape index (κ1) is 40.5. The molecule has 0 aliphatic heterocycles. The maximum Gasteiger partial charge on any atom is 0.461 e. The van der Waals surface area contributed by atoms with E-state index in [9.17, 15) is 62.3 Å². The van der Waals surface area contributed by atoms with Gasteiger partial charge in [0.1, 0.15) is 23.2 Å². The van der Waals surface area contributed by atoms with Crippen LogP contribution >= 0.6 is 0 Å². The van der Waals surface area contributed by atoms with Gasteiger partial charge in [-0.1, -0.05) is 30.3 Å². The van der Waals surface area contributed by atoms with Crippen molar-refractivity contribution in [2.75, 3.05) is 0 Å². The van der Waals surface area contributed by atoms with Crippen molar-refractivity contribution in [3.05, 3.63) is 135 Å². The lowest BCUT2D eigenvalue weighted by molar-refractivity contribution is -0.253. The lowest BCUT2D eigenvalue weighted by atomic mass is 9.76. The molecule has 0 heterocycles. The molecule has 0 aliphatic carbocycles. The van der Waals surface area contributed by atoms with Crippen molar-refractivity contribution >= 4 is 11.9 Å². The molecule has 53 heavy (non-hydrogen) atoms. The highest BCUT2D eigenvalue weighted by molar-refractivity contribution is 5.95. The predicted octanol–water partition coefficient (Wildman–Crippen LogP) is 9.70. The number of carboxylic acid groups (broad SMARTS) is 1. The number of amides is 1. The number of carbonyl (C=O) groups excluding carboxylic acids is 1. The molecule has 0 spiro atoms. The molecule has 284 valence electrons. The van der Waals surface area contributed by atoms with E-state index in [2.05, 4.69) is 10.1 Å². The average Bonchev–Trinajstić information content (AvgIpc) is 3.03. The summed E-state index contributed by atoms with van der Waals surface area (Å²) in [6, 6.07) is 8.55. The van der Waals surface area contributed by atoms with Gasteiger partial charge in [-0.15, -0.1) is 0 Å². The number of alkyl halides is 10. The predicted molar refractivity (Wildman–Crippen MR) is 160 cm³/mol. The second kappa shape index (κ2) is 15.4. The zero-order valence-electron chi connectivity index (χ0n) is 26.5. The summed E-state index contributed by atoms with van der Waals surface area (Å²) in [5.74, 6) is -9.20. The summed E-state index contributed by atoms with van der Waals surface area (Å²) in [5.41, 5.74) is -8.53. The van der Waals surface area contributed by atoms with E-state index in [1.165, 1.54) is 24.3 Å². The molecule has 0 aliphatic rings. The minimum atomic E-state index is -5.43. The van der Waals surface area contributed by atoms with Crippen LogP contribution in [0.1, 0.15) is 56.6 Å². The maximum atomic E-state index is 15.2. The van der Waals surface area contributed by atoms with Gasteiger partial charge in [0, 0.05) is 24.5 Å². The van der Waals surface area contributed by atoms with Crippen molar-refractivity contribution in [1.82, 2.24) is 5.32 Å². The van der Waals surface area contributed by atoms with Crippen LogP contribution in [0.25, 0.3) is 0 Å². The average molecular weight is 770 g/mol. The fourth-order valence-electron chi connectivity index (χ4n) is 5.36. The van der Waals surface area contributed by atoms with Gasteiger partial charge >= 0.3 is 30.9 Å². The third-order valence-corrected chi connectivity index (χ3v) is 7.85. The molecule has 1 amide bonds. The van der Waals surface area contributed by atoms with E-state index in [0.717, 1.165) is 0 Å². The molecule has 0 saturated heterocycles. The second-order valence-electron chi connectivity index (χ2n) is 11.6. The Morgan fingerprint density at radius 2 is 1.26 bits per heavy atom. The number of nitrogens with one attached hydrogen (secondary N) is 1. The first-order valence-corrected chi connectivity index (χ1v) is 15.0. The molecule has 0 bridgehead atoms. The SMILES string of the molecule is O=C(O)CCCc1ccc(CC(NC(=O)c2ccc(F)c(C(F)(F)F)c2)(c2cc(F)cc(OC(F)(F)C(F)F)c2)c2ccc(F)c(C(F)(F)F)c2)cc1. The molecule has 5 nitrogen and oxygen atoms in total. The van der Waals surface area contributed by atoms with Crippen LogP contribution in [-0.4, -0.2) is 29.5 Å². The Labute approximate surface area is 291 Å². The third-order valence-electron chi connectivity index (χ3n) is 7.85. The molecule has 4 aromatic rings. The van der Waals surface area contributed by atoms with Gasteiger partial charge in [-0.05, 0) is 77.6 Å². The van der Waals surface area contributed by atoms with Crippen LogP contribution in [0, 0.1) is 17.5 Å². The number of carbonyl (C=O) groups is 2. The fourth-order valence-corrected chi connectivity index (χ4v) is 5.36. The highest BCUT2D eigenvalue weighted by Gasteiger charge is 2.46. The van der Waals surface area contributed by atoms with E-state index < -0.39 is 99.7 Å². The Morgan fingerprint density at radius 3 is 1.83 bits per heavy atom. The van der Waals surface area contributed by atoms with Crippen molar-refractivity contribution in [2.45, 2.75) is 56.1 Å². The zero-order chi connectivity index (χ0) is 39.5. The first-order valence-electron chi connectivity index (χ1n) is 15.0. The van der Waals surface area contributed by atoms with E-state index in [4.69, 9.17) is 5.11 Å². The molecular formula is C35H24F13NO4. The Balaban J connectivity index is 2.01. The molecule has 0 aromatic heterocycles. The van der Waals surface area contributed by atoms with Crippen LogP contribution in [0.15, 0.2) is 78.9 Å². The molecule has 0 radical (unpaired) electrons. The third kappa shape index (κ3) is 9.78. The topological polar surface area (TPSA) is 75.6 Å². The van der Waals surface area contributed by atoms with Gasteiger partial charge in [0.05, 0.1) is 16.7 Å². The number of hydrogen-bond donors (Lipinski definition) is 2. The van der Waals surface area contributed by atoms with E-state index in [1.807, 2.05) is 0 Å². The molecule has 1 atom stereocenters. The lowest BCUT2D eigenvalue weighted by Crippen LogP contribution is -2.49. The summed E-state index contributed by atoms with van der Waals surface area (Å²) in [6.07, 6.45) is -21.1. The monoisotopic (exact) mass is 769 g/mol. The number of aryl methyl sites for hydroxylation is 1. The molecule has 18 heteroatoms.